The van der Waals surface area contributed by atoms with Crippen LogP contribution in [0.3, 0.4) is 0 Å². The smallest absolute Gasteiger partial charge is 0.115 e. The van der Waals surface area contributed by atoms with Gasteiger partial charge in [-0.15, -0.1) is 0 Å². The highest BCUT2D eigenvalue weighted by Crippen LogP contribution is 2.18. The molecule has 0 saturated heterocycles. The zero-order valence-electron chi connectivity index (χ0n) is 9.39. The number of ether oxygens (including phenoxy) is 1. The maximum absolute atomic E-state index is 6.11. The Morgan fingerprint density at radius 3 is 2.53 bits per heavy atom. The van der Waals surface area contributed by atoms with Crippen LogP contribution in [0.25, 0.3) is 0 Å². The second-order valence-corrected chi connectivity index (χ2v) is 3.48. The Labute approximate surface area is 90.9 Å². The van der Waals surface area contributed by atoms with Crippen molar-refractivity contribution in [3.8, 4) is 0 Å². The van der Waals surface area contributed by atoms with Crippen molar-refractivity contribution >= 4 is 0 Å². The van der Waals surface area contributed by atoms with Gasteiger partial charge in [-0.05, 0) is 13.3 Å². The van der Waals surface area contributed by atoms with Gasteiger partial charge in [0.15, 0.2) is 0 Å². The van der Waals surface area contributed by atoms with Gasteiger partial charge in [-0.25, -0.2) is 9.97 Å². The SMILES string of the molecule is CCCC(OCC)C(N)c1cncnc1. The third-order valence-electron chi connectivity index (χ3n) is 2.32. The summed E-state index contributed by atoms with van der Waals surface area (Å²) in [4.78, 5) is 7.92. The molecule has 1 rings (SSSR count). The molecule has 0 aromatic carbocycles. The average molecular weight is 209 g/mol. The van der Waals surface area contributed by atoms with Gasteiger partial charge in [-0.1, -0.05) is 13.3 Å². The summed E-state index contributed by atoms with van der Waals surface area (Å²) in [6.45, 7) is 4.79. The third kappa shape index (κ3) is 3.57. The second kappa shape index (κ2) is 6.48. The topological polar surface area (TPSA) is 61.0 Å². The van der Waals surface area contributed by atoms with Gasteiger partial charge in [0, 0.05) is 24.6 Å². The minimum Gasteiger partial charge on any atom is -0.377 e. The molecule has 0 aliphatic heterocycles. The van der Waals surface area contributed by atoms with Crippen LogP contribution in [-0.2, 0) is 4.74 Å². The zero-order valence-corrected chi connectivity index (χ0v) is 9.39. The Balaban J connectivity index is 2.67. The lowest BCUT2D eigenvalue weighted by atomic mass is 10.0. The number of nitrogens with zero attached hydrogens (tertiary/aromatic N) is 2. The molecule has 15 heavy (non-hydrogen) atoms. The fourth-order valence-corrected chi connectivity index (χ4v) is 1.56. The predicted molar refractivity (Wildman–Crippen MR) is 59.3 cm³/mol. The molecule has 0 spiro atoms. The molecule has 0 amide bonds. The summed E-state index contributed by atoms with van der Waals surface area (Å²) in [5.74, 6) is 0. The van der Waals surface area contributed by atoms with Gasteiger partial charge in [0.05, 0.1) is 12.1 Å². The van der Waals surface area contributed by atoms with Crippen LogP contribution in [-0.4, -0.2) is 22.7 Å². The van der Waals surface area contributed by atoms with Crippen molar-refractivity contribution in [2.24, 2.45) is 5.73 Å². The van der Waals surface area contributed by atoms with E-state index in [4.69, 9.17) is 10.5 Å². The summed E-state index contributed by atoms with van der Waals surface area (Å²) in [5, 5.41) is 0. The maximum Gasteiger partial charge on any atom is 0.115 e. The molecule has 1 aromatic heterocycles. The van der Waals surface area contributed by atoms with Gasteiger partial charge in [0.2, 0.25) is 0 Å². The van der Waals surface area contributed by atoms with Crippen LogP contribution < -0.4 is 5.73 Å². The first-order valence-corrected chi connectivity index (χ1v) is 5.41. The highest BCUT2D eigenvalue weighted by molar-refractivity contribution is 5.10. The minimum absolute atomic E-state index is 0.0611. The van der Waals surface area contributed by atoms with E-state index in [0.717, 1.165) is 18.4 Å². The first kappa shape index (κ1) is 12.1. The van der Waals surface area contributed by atoms with Gasteiger partial charge in [-0.2, -0.15) is 0 Å². The zero-order chi connectivity index (χ0) is 11.1. The van der Waals surface area contributed by atoms with E-state index in [9.17, 15) is 0 Å². The van der Waals surface area contributed by atoms with Crippen LogP contribution >= 0.6 is 0 Å². The molecule has 4 nitrogen and oxygen atoms in total. The lowest BCUT2D eigenvalue weighted by molar-refractivity contribution is 0.0373. The van der Waals surface area contributed by atoms with Crippen LogP contribution in [0.5, 0.6) is 0 Å². The molecular weight excluding hydrogens is 190 g/mol. The van der Waals surface area contributed by atoms with Crippen LogP contribution in [0, 0.1) is 0 Å². The molecule has 84 valence electrons. The number of nitrogens with two attached hydrogens (primary N) is 1. The van der Waals surface area contributed by atoms with Gasteiger partial charge in [0.25, 0.3) is 0 Å². The van der Waals surface area contributed by atoms with E-state index in [1.807, 2.05) is 6.92 Å². The van der Waals surface area contributed by atoms with Crippen molar-refractivity contribution in [1.82, 2.24) is 9.97 Å². The Bertz CT molecular complexity index is 260. The van der Waals surface area contributed by atoms with Crippen molar-refractivity contribution in [1.29, 1.82) is 0 Å². The molecule has 0 radical (unpaired) electrons. The lowest BCUT2D eigenvalue weighted by Crippen LogP contribution is -2.29. The van der Waals surface area contributed by atoms with E-state index < -0.39 is 0 Å². The number of rotatable bonds is 6. The van der Waals surface area contributed by atoms with E-state index in [-0.39, 0.29) is 12.1 Å². The van der Waals surface area contributed by atoms with Crippen molar-refractivity contribution < 1.29 is 4.74 Å². The Hall–Kier alpha value is -1.00. The molecule has 2 unspecified atom stereocenters. The Morgan fingerprint density at radius 2 is 2.00 bits per heavy atom. The summed E-state index contributed by atoms with van der Waals surface area (Å²) in [7, 11) is 0. The first-order chi connectivity index (χ1) is 7.29. The quantitative estimate of drug-likeness (QED) is 0.774. The van der Waals surface area contributed by atoms with Gasteiger partial charge >= 0.3 is 0 Å². The van der Waals surface area contributed by atoms with Crippen molar-refractivity contribution in [3.63, 3.8) is 0 Å². The molecule has 4 heteroatoms. The van der Waals surface area contributed by atoms with Gasteiger partial charge < -0.3 is 10.5 Å². The molecule has 0 fully saturated rings. The van der Waals surface area contributed by atoms with E-state index in [1.54, 1.807) is 12.4 Å². The minimum atomic E-state index is -0.133. The van der Waals surface area contributed by atoms with E-state index in [1.165, 1.54) is 6.33 Å². The fraction of sp³-hybridized carbons (Fsp3) is 0.636. The van der Waals surface area contributed by atoms with Crippen LogP contribution in [0.1, 0.15) is 38.3 Å². The average Bonchev–Trinajstić information content (AvgIpc) is 2.29. The fourth-order valence-electron chi connectivity index (χ4n) is 1.56. The molecule has 0 aliphatic rings. The molecule has 1 heterocycles. The van der Waals surface area contributed by atoms with Crippen LogP contribution in [0.15, 0.2) is 18.7 Å². The number of hydrogen-bond acceptors (Lipinski definition) is 4. The van der Waals surface area contributed by atoms with Gasteiger partial charge in [-0.3, -0.25) is 0 Å². The lowest BCUT2D eigenvalue weighted by Gasteiger charge is -2.23. The normalized spacial score (nSPS) is 14.9. The summed E-state index contributed by atoms with van der Waals surface area (Å²) in [6.07, 6.45) is 7.09. The maximum atomic E-state index is 6.11. The monoisotopic (exact) mass is 209 g/mol. The second-order valence-electron chi connectivity index (χ2n) is 3.48. The standard InChI is InChI=1S/C11H19N3O/c1-3-5-10(15-4-2)11(12)9-6-13-8-14-7-9/h6-8,10-11H,3-5,12H2,1-2H3. The highest BCUT2D eigenvalue weighted by atomic mass is 16.5. The molecule has 0 aliphatic carbocycles. The van der Waals surface area contributed by atoms with Crippen molar-refractivity contribution in [2.75, 3.05) is 6.61 Å². The summed E-state index contributed by atoms with van der Waals surface area (Å²) in [6, 6.07) is -0.133. The summed E-state index contributed by atoms with van der Waals surface area (Å²) < 4.78 is 5.62. The predicted octanol–water partition coefficient (Wildman–Crippen LogP) is 1.68. The Morgan fingerprint density at radius 1 is 1.33 bits per heavy atom. The number of hydrogen-bond donors (Lipinski definition) is 1. The molecule has 0 saturated carbocycles. The molecule has 2 atom stereocenters. The van der Waals surface area contributed by atoms with Crippen LogP contribution in [0.2, 0.25) is 0 Å². The van der Waals surface area contributed by atoms with Gasteiger partial charge in [0.1, 0.15) is 6.33 Å². The van der Waals surface area contributed by atoms with E-state index in [0.29, 0.717) is 6.61 Å². The first-order valence-electron chi connectivity index (χ1n) is 5.41. The number of aromatic nitrogens is 2. The van der Waals surface area contributed by atoms with Crippen LogP contribution in [0.4, 0.5) is 0 Å². The van der Waals surface area contributed by atoms with Crippen molar-refractivity contribution in [3.05, 3.63) is 24.3 Å². The summed E-state index contributed by atoms with van der Waals surface area (Å²) in [5.41, 5.74) is 7.04. The molecule has 1 aromatic rings. The van der Waals surface area contributed by atoms with E-state index in [2.05, 4.69) is 16.9 Å². The third-order valence-corrected chi connectivity index (χ3v) is 2.32. The largest absolute Gasteiger partial charge is 0.377 e. The molecule has 0 bridgehead atoms. The Kier molecular flexibility index (Phi) is 5.21. The molecule has 2 N–H and O–H groups in total. The van der Waals surface area contributed by atoms with Crippen molar-refractivity contribution in [2.45, 2.75) is 38.8 Å². The summed E-state index contributed by atoms with van der Waals surface area (Å²) >= 11 is 0. The molecular formula is C11H19N3O. The highest BCUT2D eigenvalue weighted by Gasteiger charge is 2.19. The van der Waals surface area contributed by atoms with E-state index >= 15 is 0 Å².